The Morgan fingerprint density at radius 1 is 0.951 bits per heavy atom. The molecule has 1 amide bonds. The van der Waals surface area contributed by atoms with Crippen molar-refractivity contribution >= 4 is 22.5 Å². The number of nitrogens with zero attached hydrogens (tertiary/aromatic N) is 1. The molecule has 3 rings (SSSR count). The van der Waals surface area contributed by atoms with E-state index in [0.717, 1.165) is 44.3 Å². The second-order valence-corrected chi connectivity index (χ2v) is 12.6. The summed E-state index contributed by atoms with van der Waals surface area (Å²) in [4.78, 5) is 13.4. The van der Waals surface area contributed by atoms with Crippen molar-refractivity contribution in [1.82, 2.24) is 9.88 Å². The van der Waals surface area contributed by atoms with Crippen molar-refractivity contribution in [3.05, 3.63) is 76.6 Å². The SMILES string of the molecule is CC(C)=CCC/C(C)=C/COC[C@@H]1Cc2cn(C/C=C(\C)CCC=C(C)C)c3cccc(c23)N[C@@H](C(C)C)C(=O)N1. The van der Waals surface area contributed by atoms with E-state index in [1.165, 1.54) is 38.8 Å². The van der Waals surface area contributed by atoms with Crippen LogP contribution in [-0.4, -0.2) is 35.8 Å². The molecule has 0 spiro atoms. The van der Waals surface area contributed by atoms with E-state index >= 15 is 0 Å². The van der Waals surface area contributed by atoms with Crippen molar-refractivity contribution < 1.29 is 9.53 Å². The van der Waals surface area contributed by atoms with Crippen molar-refractivity contribution in [1.29, 1.82) is 0 Å². The third kappa shape index (κ3) is 10.1. The van der Waals surface area contributed by atoms with Crippen molar-refractivity contribution in [2.75, 3.05) is 18.5 Å². The molecule has 1 aromatic heterocycles. The molecule has 5 nitrogen and oxygen atoms in total. The molecule has 2 aromatic rings. The van der Waals surface area contributed by atoms with Gasteiger partial charge in [0.15, 0.2) is 0 Å². The number of hydrogen-bond donors (Lipinski definition) is 2. The van der Waals surface area contributed by atoms with Crippen LogP contribution in [0.2, 0.25) is 0 Å². The Bertz CT molecular complexity index is 1280. The number of anilines is 1. The van der Waals surface area contributed by atoms with Gasteiger partial charge in [0.25, 0.3) is 0 Å². The number of benzene rings is 1. The van der Waals surface area contributed by atoms with Crippen molar-refractivity contribution in [3.63, 3.8) is 0 Å². The molecule has 1 aromatic carbocycles. The van der Waals surface area contributed by atoms with Gasteiger partial charge in [0, 0.05) is 23.8 Å². The highest BCUT2D eigenvalue weighted by atomic mass is 16.5. The lowest BCUT2D eigenvalue weighted by Gasteiger charge is -2.25. The molecule has 5 heteroatoms. The molecular weight excluding hydrogens is 506 g/mol. The number of carbonyl (C=O) groups excluding carboxylic acids is 1. The Hall–Kier alpha value is -3.05. The highest BCUT2D eigenvalue weighted by Crippen LogP contribution is 2.32. The number of carbonyl (C=O) groups is 1. The Kier molecular flexibility index (Phi) is 12.5. The molecule has 2 N–H and O–H groups in total. The standard InChI is InChI=1S/C36H53N3O2/c1-25(2)12-9-14-28(7)18-20-39-23-30-22-31(24-41-21-19-29(8)15-10-13-26(3)4)37-36(40)35(27(5)6)38-32-16-11-17-33(39)34(30)32/h11-13,16-19,23,27,31,35,38H,9-10,14-15,20-22,24H2,1-8H3,(H,37,40)/b28-18+,29-19+/t31-,35-/m0/s1. The van der Waals surface area contributed by atoms with Crippen LogP contribution >= 0.6 is 0 Å². The summed E-state index contributed by atoms with van der Waals surface area (Å²) in [6, 6.07) is 5.99. The van der Waals surface area contributed by atoms with Gasteiger partial charge in [-0.15, -0.1) is 0 Å². The number of amides is 1. The van der Waals surface area contributed by atoms with Gasteiger partial charge in [0.2, 0.25) is 5.91 Å². The summed E-state index contributed by atoms with van der Waals surface area (Å²) in [7, 11) is 0. The number of nitrogens with one attached hydrogen (secondary N) is 2. The number of aromatic nitrogens is 1. The Balaban J connectivity index is 1.82. The van der Waals surface area contributed by atoms with E-state index in [0.29, 0.717) is 13.2 Å². The zero-order chi connectivity index (χ0) is 29.9. The average molecular weight is 560 g/mol. The van der Waals surface area contributed by atoms with Gasteiger partial charge < -0.3 is 19.9 Å². The molecule has 2 atom stereocenters. The number of ether oxygens (including phenoxy) is 1. The van der Waals surface area contributed by atoms with Crippen LogP contribution in [0, 0.1) is 5.92 Å². The summed E-state index contributed by atoms with van der Waals surface area (Å²) >= 11 is 0. The van der Waals surface area contributed by atoms with E-state index < -0.39 is 0 Å². The lowest BCUT2D eigenvalue weighted by molar-refractivity contribution is -0.123. The van der Waals surface area contributed by atoms with Gasteiger partial charge >= 0.3 is 0 Å². The predicted molar refractivity (Wildman–Crippen MR) is 175 cm³/mol. The predicted octanol–water partition coefficient (Wildman–Crippen LogP) is 8.52. The van der Waals surface area contributed by atoms with Gasteiger partial charge in [-0.2, -0.15) is 0 Å². The average Bonchev–Trinajstić information content (AvgIpc) is 3.27. The third-order valence-corrected chi connectivity index (χ3v) is 7.75. The number of rotatable bonds is 13. The fourth-order valence-electron chi connectivity index (χ4n) is 5.32. The monoisotopic (exact) mass is 559 g/mol. The molecule has 41 heavy (non-hydrogen) atoms. The molecule has 0 unspecified atom stereocenters. The van der Waals surface area contributed by atoms with E-state index in [1.807, 2.05) is 0 Å². The summed E-state index contributed by atoms with van der Waals surface area (Å²) in [6.45, 7) is 19.0. The summed E-state index contributed by atoms with van der Waals surface area (Å²) < 4.78 is 8.48. The van der Waals surface area contributed by atoms with Crippen molar-refractivity contribution in [2.24, 2.45) is 5.92 Å². The fraction of sp³-hybridized carbons (Fsp3) is 0.528. The number of allylic oxidation sites excluding steroid dienone is 7. The van der Waals surface area contributed by atoms with Gasteiger partial charge in [-0.1, -0.05) is 66.5 Å². The fourth-order valence-corrected chi connectivity index (χ4v) is 5.32. The van der Waals surface area contributed by atoms with Gasteiger partial charge in [-0.05, 0) is 97.3 Å². The molecule has 0 fully saturated rings. The second kappa shape index (κ2) is 15.8. The first-order valence-corrected chi connectivity index (χ1v) is 15.4. The minimum absolute atomic E-state index is 0.0343. The lowest BCUT2D eigenvalue weighted by Crippen LogP contribution is -2.48. The first-order chi connectivity index (χ1) is 19.5. The molecule has 0 saturated heterocycles. The highest BCUT2D eigenvalue weighted by molar-refractivity contribution is 5.98. The zero-order valence-corrected chi connectivity index (χ0v) is 26.8. The van der Waals surface area contributed by atoms with E-state index in [1.54, 1.807) is 0 Å². The van der Waals surface area contributed by atoms with Crippen LogP contribution in [0.4, 0.5) is 5.69 Å². The molecule has 0 saturated carbocycles. The quantitative estimate of drug-likeness (QED) is 0.191. The van der Waals surface area contributed by atoms with Crippen LogP contribution in [0.3, 0.4) is 0 Å². The number of hydrogen-bond acceptors (Lipinski definition) is 3. The van der Waals surface area contributed by atoms with Crippen LogP contribution in [0.1, 0.15) is 86.6 Å². The van der Waals surface area contributed by atoms with Gasteiger partial charge in [-0.3, -0.25) is 4.79 Å². The Labute approximate surface area is 248 Å². The molecule has 2 heterocycles. The topological polar surface area (TPSA) is 55.3 Å². The molecule has 0 bridgehead atoms. The van der Waals surface area contributed by atoms with Crippen molar-refractivity contribution in [2.45, 2.75) is 106 Å². The summed E-state index contributed by atoms with van der Waals surface area (Å²) in [5.74, 6) is 0.181. The molecule has 1 aliphatic heterocycles. The van der Waals surface area contributed by atoms with Gasteiger partial charge in [0.05, 0.1) is 24.8 Å². The van der Waals surface area contributed by atoms with E-state index in [2.05, 4.69) is 119 Å². The minimum Gasteiger partial charge on any atom is -0.375 e. The normalized spacial score (nSPS) is 17.9. The maximum absolute atomic E-state index is 13.4. The Morgan fingerprint density at radius 2 is 1.61 bits per heavy atom. The van der Waals surface area contributed by atoms with Crippen LogP contribution in [0.15, 0.2) is 71.0 Å². The van der Waals surface area contributed by atoms with Crippen LogP contribution in [0.25, 0.3) is 10.9 Å². The zero-order valence-electron chi connectivity index (χ0n) is 26.8. The van der Waals surface area contributed by atoms with Crippen molar-refractivity contribution in [3.8, 4) is 0 Å². The summed E-state index contributed by atoms with van der Waals surface area (Å²) in [5, 5.41) is 8.12. The van der Waals surface area contributed by atoms with E-state index in [4.69, 9.17) is 4.74 Å². The van der Waals surface area contributed by atoms with Crippen LogP contribution < -0.4 is 10.6 Å². The summed E-state index contributed by atoms with van der Waals surface area (Å²) in [5.41, 5.74) is 8.94. The Morgan fingerprint density at radius 3 is 2.24 bits per heavy atom. The first-order valence-electron chi connectivity index (χ1n) is 15.4. The third-order valence-electron chi connectivity index (χ3n) is 7.75. The minimum atomic E-state index is -0.313. The second-order valence-electron chi connectivity index (χ2n) is 12.6. The highest BCUT2D eigenvalue weighted by Gasteiger charge is 2.28. The molecule has 0 aliphatic carbocycles. The molecule has 0 radical (unpaired) electrons. The largest absolute Gasteiger partial charge is 0.375 e. The van der Waals surface area contributed by atoms with Gasteiger partial charge in [-0.25, -0.2) is 0 Å². The van der Waals surface area contributed by atoms with Crippen LogP contribution in [0.5, 0.6) is 0 Å². The van der Waals surface area contributed by atoms with E-state index in [-0.39, 0.29) is 23.9 Å². The molecular formula is C36H53N3O2. The molecule has 224 valence electrons. The first kappa shape index (κ1) is 32.5. The molecule has 1 aliphatic rings. The summed E-state index contributed by atoms with van der Waals surface area (Å²) in [6.07, 6.45) is 16.4. The maximum Gasteiger partial charge on any atom is 0.243 e. The van der Waals surface area contributed by atoms with Crippen LogP contribution in [-0.2, 0) is 22.5 Å². The van der Waals surface area contributed by atoms with E-state index in [9.17, 15) is 4.79 Å². The smallest absolute Gasteiger partial charge is 0.243 e. The lowest BCUT2D eigenvalue weighted by atomic mass is 10.0. The van der Waals surface area contributed by atoms with Gasteiger partial charge in [0.1, 0.15) is 6.04 Å². The maximum atomic E-state index is 13.4.